The van der Waals surface area contributed by atoms with Crippen LogP contribution in [0, 0.1) is 11.8 Å². The standard InChI is InChI=1S/C14H29NO/c1-5-11(3)9-14(6-2)15-12(4)13-7-8-16-10-13/h11-15H,5-10H2,1-4H3. The number of hydrogen-bond acceptors (Lipinski definition) is 2. The molecule has 1 rings (SSSR count). The van der Waals surface area contributed by atoms with Gasteiger partial charge in [0.05, 0.1) is 6.61 Å². The van der Waals surface area contributed by atoms with Crippen LogP contribution in [0.4, 0.5) is 0 Å². The summed E-state index contributed by atoms with van der Waals surface area (Å²) in [4.78, 5) is 0. The van der Waals surface area contributed by atoms with E-state index >= 15 is 0 Å². The first-order valence-electron chi connectivity index (χ1n) is 7.01. The Balaban J connectivity index is 2.30. The second kappa shape index (κ2) is 7.29. The summed E-state index contributed by atoms with van der Waals surface area (Å²) in [5, 5.41) is 3.79. The van der Waals surface area contributed by atoms with Crippen molar-refractivity contribution in [1.29, 1.82) is 0 Å². The molecule has 0 radical (unpaired) electrons. The van der Waals surface area contributed by atoms with Crippen molar-refractivity contribution in [2.75, 3.05) is 13.2 Å². The van der Waals surface area contributed by atoms with Gasteiger partial charge in [-0.1, -0.05) is 27.2 Å². The summed E-state index contributed by atoms with van der Waals surface area (Å²) in [5.74, 6) is 1.57. The summed E-state index contributed by atoms with van der Waals surface area (Å²) in [6.45, 7) is 11.2. The third-order valence-corrected chi connectivity index (χ3v) is 4.05. The summed E-state index contributed by atoms with van der Waals surface area (Å²) in [7, 11) is 0. The summed E-state index contributed by atoms with van der Waals surface area (Å²) < 4.78 is 5.46. The lowest BCUT2D eigenvalue weighted by molar-refractivity contribution is 0.175. The Morgan fingerprint density at radius 3 is 2.50 bits per heavy atom. The van der Waals surface area contributed by atoms with Gasteiger partial charge in [0.15, 0.2) is 0 Å². The lowest BCUT2D eigenvalue weighted by atomic mass is 9.94. The average Bonchev–Trinajstić information content (AvgIpc) is 2.81. The molecule has 1 N–H and O–H groups in total. The first kappa shape index (κ1) is 14.0. The van der Waals surface area contributed by atoms with E-state index in [1.165, 1.54) is 25.7 Å². The number of hydrogen-bond donors (Lipinski definition) is 1. The third-order valence-electron chi connectivity index (χ3n) is 4.05. The summed E-state index contributed by atoms with van der Waals surface area (Å²) in [6.07, 6.45) is 5.07. The van der Waals surface area contributed by atoms with Crippen LogP contribution in [0.2, 0.25) is 0 Å². The Labute approximate surface area is 101 Å². The van der Waals surface area contributed by atoms with Gasteiger partial charge in [0.2, 0.25) is 0 Å². The van der Waals surface area contributed by atoms with E-state index < -0.39 is 0 Å². The van der Waals surface area contributed by atoms with Crippen LogP contribution in [-0.4, -0.2) is 25.3 Å². The molecule has 4 unspecified atom stereocenters. The molecule has 1 saturated heterocycles. The van der Waals surface area contributed by atoms with Crippen LogP contribution in [-0.2, 0) is 4.74 Å². The van der Waals surface area contributed by atoms with Gasteiger partial charge >= 0.3 is 0 Å². The molecule has 0 saturated carbocycles. The van der Waals surface area contributed by atoms with E-state index in [2.05, 4.69) is 33.0 Å². The maximum atomic E-state index is 5.46. The molecular weight excluding hydrogens is 198 g/mol. The van der Waals surface area contributed by atoms with Crippen molar-refractivity contribution in [2.45, 2.75) is 65.5 Å². The van der Waals surface area contributed by atoms with Crippen LogP contribution in [0.5, 0.6) is 0 Å². The summed E-state index contributed by atoms with van der Waals surface area (Å²) >= 11 is 0. The lowest BCUT2D eigenvalue weighted by Gasteiger charge is -2.27. The highest BCUT2D eigenvalue weighted by atomic mass is 16.5. The van der Waals surface area contributed by atoms with Crippen LogP contribution in [0.3, 0.4) is 0 Å². The molecule has 2 nitrogen and oxygen atoms in total. The van der Waals surface area contributed by atoms with E-state index in [0.717, 1.165) is 25.0 Å². The van der Waals surface area contributed by atoms with Gasteiger partial charge in [0, 0.05) is 18.7 Å². The molecule has 0 aromatic heterocycles. The minimum absolute atomic E-state index is 0.608. The summed E-state index contributed by atoms with van der Waals surface area (Å²) in [6, 6.07) is 1.29. The Bertz CT molecular complexity index is 178. The van der Waals surface area contributed by atoms with Crippen LogP contribution < -0.4 is 5.32 Å². The normalized spacial score (nSPS) is 26.6. The topological polar surface area (TPSA) is 21.3 Å². The second-order valence-corrected chi connectivity index (χ2v) is 5.43. The molecule has 0 aliphatic carbocycles. The zero-order chi connectivity index (χ0) is 12.0. The summed E-state index contributed by atoms with van der Waals surface area (Å²) in [5.41, 5.74) is 0. The molecule has 1 fully saturated rings. The van der Waals surface area contributed by atoms with Crippen molar-refractivity contribution in [2.24, 2.45) is 11.8 Å². The van der Waals surface area contributed by atoms with E-state index in [1.54, 1.807) is 0 Å². The quantitative estimate of drug-likeness (QED) is 0.721. The first-order chi connectivity index (χ1) is 7.67. The van der Waals surface area contributed by atoms with E-state index in [-0.39, 0.29) is 0 Å². The Kier molecular flexibility index (Phi) is 6.37. The Morgan fingerprint density at radius 1 is 1.25 bits per heavy atom. The molecule has 2 heteroatoms. The number of ether oxygens (including phenoxy) is 1. The fourth-order valence-corrected chi connectivity index (χ4v) is 2.46. The average molecular weight is 227 g/mol. The molecule has 96 valence electrons. The molecule has 1 aliphatic rings. The molecule has 0 spiro atoms. The Morgan fingerprint density at radius 2 is 2.00 bits per heavy atom. The zero-order valence-electron chi connectivity index (χ0n) is 11.5. The smallest absolute Gasteiger partial charge is 0.0509 e. The van der Waals surface area contributed by atoms with Crippen molar-refractivity contribution in [1.82, 2.24) is 5.32 Å². The Hall–Kier alpha value is -0.0800. The van der Waals surface area contributed by atoms with Gasteiger partial charge in [0.1, 0.15) is 0 Å². The lowest BCUT2D eigenvalue weighted by Crippen LogP contribution is -2.41. The maximum Gasteiger partial charge on any atom is 0.0509 e. The van der Waals surface area contributed by atoms with Gasteiger partial charge in [-0.3, -0.25) is 0 Å². The first-order valence-corrected chi connectivity index (χ1v) is 7.01. The zero-order valence-corrected chi connectivity index (χ0v) is 11.5. The largest absolute Gasteiger partial charge is 0.381 e. The van der Waals surface area contributed by atoms with Crippen molar-refractivity contribution in [3.63, 3.8) is 0 Å². The molecule has 0 aromatic carbocycles. The van der Waals surface area contributed by atoms with Crippen LogP contribution in [0.1, 0.15) is 53.4 Å². The predicted molar refractivity (Wildman–Crippen MR) is 69.7 cm³/mol. The molecule has 0 aromatic rings. The molecule has 16 heavy (non-hydrogen) atoms. The second-order valence-electron chi connectivity index (χ2n) is 5.43. The predicted octanol–water partition coefficient (Wildman–Crippen LogP) is 3.22. The van der Waals surface area contributed by atoms with Crippen molar-refractivity contribution < 1.29 is 4.74 Å². The third kappa shape index (κ3) is 4.42. The molecule has 0 bridgehead atoms. The van der Waals surface area contributed by atoms with Crippen LogP contribution in [0.15, 0.2) is 0 Å². The van der Waals surface area contributed by atoms with E-state index in [0.29, 0.717) is 12.1 Å². The highest BCUT2D eigenvalue weighted by Crippen LogP contribution is 2.19. The van der Waals surface area contributed by atoms with Gasteiger partial charge < -0.3 is 10.1 Å². The van der Waals surface area contributed by atoms with E-state index in [9.17, 15) is 0 Å². The van der Waals surface area contributed by atoms with Crippen molar-refractivity contribution in [3.05, 3.63) is 0 Å². The van der Waals surface area contributed by atoms with E-state index in [4.69, 9.17) is 4.74 Å². The SMILES string of the molecule is CCC(C)CC(CC)NC(C)C1CCOC1. The molecule has 0 amide bonds. The fraction of sp³-hybridized carbons (Fsp3) is 1.00. The van der Waals surface area contributed by atoms with Crippen LogP contribution >= 0.6 is 0 Å². The van der Waals surface area contributed by atoms with Gasteiger partial charge in [-0.25, -0.2) is 0 Å². The van der Waals surface area contributed by atoms with Gasteiger partial charge in [-0.15, -0.1) is 0 Å². The highest BCUT2D eigenvalue weighted by molar-refractivity contribution is 4.79. The molecular formula is C14H29NO. The van der Waals surface area contributed by atoms with Gasteiger partial charge in [0.25, 0.3) is 0 Å². The molecule has 1 aliphatic heterocycles. The highest BCUT2D eigenvalue weighted by Gasteiger charge is 2.24. The monoisotopic (exact) mass is 227 g/mol. The maximum absolute atomic E-state index is 5.46. The van der Waals surface area contributed by atoms with Gasteiger partial charge in [-0.05, 0) is 38.0 Å². The number of rotatable bonds is 7. The van der Waals surface area contributed by atoms with E-state index in [1.807, 2.05) is 0 Å². The minimum Gasteiger partial charge on any atom is -0.381 e. The molecule has 1 heterocycles. The number of nitrogens with one attached hydrogen (secondary N) is 1. The van der Waals surface area contributed by atoms with Crippen molar-refractivity contribution >= 4 is 0 Å². The fourth-order valence-electron chi connectivity index (χ4n) is 2.46. The van der Waals surface area contributed by atoms with Crippen LogP contribution in [0.25, 0.3) is 0 Å². The minimum atomic E-state index is 0.608. The van der Waals surface area contributed by atoms with Crippen molar-refractivity contribution in [3.8, 4) is 0 Å². The van der Waals surface area contributed by atoms with Gasteiger partial charge in [-0.2, -0.15) is 0 Å². The molecule has 4 atom stereocenters.